The highest BCUT2D eigenvalue weighted by atomic mass is 32.1. The van der Waals surface area contributed by atoms with Gasteiger partial charge in [0, 0.05) is 42.9 Å². The summed E-state index contributed by atoms with van der Waals surface area (Å²) in [7, 11) is 0. The largest absolute Gasteiger partial charge is 0.373 e. The van der Waals surface area contributed by atoms with Crippen molar-refractivity contribution in [1.82, 2.24) is 9.36 Å². The van der Waals surface area contributed by atoms with Crippen LogP contribution in [0, 0.1) is 11.6 Å². The first-order chi connectivity index (χ1) is 11.1. The first-order valence-corrected chi connectivity index (χ1v) is 8.60. The number of benzene rings is 1. The minimum Gasteiger partial charge on any atom is -0.373 e. The summed E-state index contributed by atoms with van der Waals surface area (Å²) in [4.78, 5) is 6.64. The number of ether oxygens (including phenoxy) is 1. The topological polar surface area (TPSA) is 38.2 Å². The molecule has 1 unspecified atom stereocenters. The van der Waals surface area contributed by atoms with Gasteiger partial charge in [-0.25, -0.2) is 8.78 Å². The smallest absolute Gasteiger partial charge is 0.205 e. The Morgan fingerprint density at radius 1 is 1.13 bits per heavy atom. The molecule has 0 N–H and O–H groups in total. The number of hydrogen-bond acceptors (Lipinski definition) is 5. The molecule has 4 nitrogen and oxygen atoms in total. The van der Waals surface area contributed by atoms with Crippen molar-refractivity contribution in [3.63, 3.8) is 0 Å². The Balaban J connectivity index is 1.54. The summed E-state index contributed by atoms with van der Waals surface area (Å²) in [6, 6.07) is 3.36. The van der Waals surface area contributed by atoms with Gasteiger partial charge in [0.1, 0.15) is 11.6 Å². The number of halogens is 2. The molecule has 0 aliphatic carbocycles. The standard InChI is InChI=1S/C16H17F2N3OS/c17-12-7-11(8-13(18)9-12)14-19-15(23-20-14)21-5-4-16(10-21)3-1-2-6-22-16/h7-9H,1-6,10H2. The maximum Gasteiger partial charge on any atom is 0.205 e. The van der Waals surface area contributed by atoms with Crippen molar-refractivity contribution < 1.29 is 13.5 Å². The molecular weight excluding hydrogens is 320 g/mol. The van der Waals surface area contributed by atoms with E-state index in [9.17, 15) is 8.78 Å². The van der Waals surface area contributed by atoms with E-state index < -0.39 is 11.6 Å². The van der Waals surface area contributed by atoms with Crippen molar-refractivity contribution in [2.24, 2.45) is 0 Å². The summed E-state index contributed by atoms with van der Waals surface area (Å²) in [5.74, 6) is -0.868. The van der Waals surface area contributed by atoms with Crippen LogP contribution in [-0.4, -0.2) is 34.7 Å². The highest BCUT2D eigenvalue weighted by Gasteiger charge is 2.41. The quantitative estimate of drug-likeness (QED) is 0.839. The van der Waals surface area contributed by atoms with Gasteiger partial charge < -0.3 is 9.64 Å². The van der Waals surface area contributed by atoms with Gasteiger partial charge in [-0.3, -0.25) is 0 Å². The fraction of sp³-hybridized carbons (Fsp3) is 0.500. The molecule has 122 valence electrons. The Hall–Kier alpha value is -1.60. The van der Waals surface area contributed by atoms with E-state index in [0.717, 1.165) is 50.2 Å². The van der Waals surface area contributed by atoms with E-state index in [-0.39, 0.29) is 5.60 Å². The van der Waals surface area contributed by atoms with Crippen LogP contribution >= 0.6 is 11.5 Å². The molecule has 23 heavy (non-hydrogen) atoms. The van der Waals surface area contributed by atoms with E-state index >= 15 is 0 Å². The van der Waals surface area contributed by atoms with E-state index in [2.05, 4.69) is 14.3 Å². The zero-order valence-corrected chi connectivity index (χ0v) is 13.4. The molecule has 0 saturated carbocycles. The number of rotatable bonds is 2. The van der Waals surface area contributed by atoms with Gasteiger partial charge in [-0.15, -0.1) is 0 Å². The van der Waals surface area contributed by atoms with Crippen molar-refractivity contribution in [2.45, 2.75) is 31.3 Å². The number of anilines is 1. The van der Waals surface area contributed by atoms with Crippen molar-refractivity contribution in [3.05, 3.63) is 29.8 Å². The first-order valence-electron chi connectivity index (χ1n) is 7.83. The average Bonchev–Trinajstić information content (AvgIpc) is 3.15. The Morgan fingerprint density at radius 3 is 2.70 bits per heavy atom. The molecule has 3 heterocycles. The summed E-state index contributed by atoms with van der Waals surface area (Å²) in [6.45, 7) is 2.53. The molecule has 0 radical (unpaired) electrons. The lowest BCUT2D eigenvalue weighted by Crippen LogP contribution is -2.39. The van der Waals surface area contributed by atoms with Gasteiger partial charge in [-0.05, 0) is 37.8 Å². The van der Waals surface area contributed by atoms with Crippen LogP contribution in [0.3, 0.4) is 0 Å². The monoisotopic (exact) mass is 337 g/mol. The molecule has 2 aromatic rings. The lowest BCUT2D eigenvalue weighted by Gasteiger charge is -2.33. The predicted molar refractivity (Wildman–Crippen MR) is 84.6 cm³/mol. The van der Waals surface area contributed by atoms with Crippen LogP contribution in [0.5, 0.6) is 0 Å². The molecular formula is C16H17F2N3OS. The van der Waals surface area contributed by atoms with Crippen LogP contribution < -0.4 is 4.90 Å². The zero-order valence-electron chi connectivity index (χ0n) is 12.6. The second-order valence-electron chi connectivity index (χ2n) is 6.22. The van der Waals surface area contributed by atoms with E-state index in [0.29, 0.717) is 11.4 Å². The summed E-state index contributed by atoms with van der Waals surface area (Å²) in [6.07, 6.45) is 4.42. The molecule has 0 bridgehead atoms. The van der Waals surface area contributed by atoms with Crippen molar-refractivity contribution in [2.75, 3.05) is 24.6 Å². The fourth-order valence-corrected chi connectivity index (χ4v) is 4.10. The van der Waals surface area contributed by atoms with Crippen LogP contribution in [0.1, 0.15) is 25.7 Å². The van der Waals surface area contributed by atoms with Gasteiger partial charge in [0.15, 0.2) is 5.82 Å². The highest BCUT2D eigenvalue weighted by molar-refractivity contribution is 7.09. The van der Waals surface area contributed by atoms with E-state index in [1.165, 1.54) is 30.1 Å². The minimum absolute atomic E-state index is 0.0466. The molecule has 2 fully saturated rings. The Labute approximate surface area is 137 Å². The zero-order chi connectivity index (χ0) is 15.9. The van der Waals surface area contributed by atoms with Crippen LogP contribution in [0.25, 0.3) is 11.4 Å². The summed E-state index contributed by atoms with van der Waals surface area (Å²) >= 11 is 1.27. The molecule has 2 aliphatic heterocycles. The van der Waals surface area contributed by atoms with Crippen molar-refractivity contribution in [1.29, 1.82) is 0 Å². The SMILES string of the molecule is Fc1cc(F)cc(-c2nsc(N3CCC4(CCCCO4)C3)n2)c1. The second-order valence-corrected chi connectivity index (χ2v) is 6.95. The molecule has 1 atom stereocenters. The highest BCUT2D eigenvalue weighted by Crippen LogP contribution is 2.37. The molecule has 4 rings (SSSR count). The normalized spacial score (nSPS) is 24.5. The third-order valence-electron chi connectivity index (χ3n) is 4.56. The van der Waals surface area contributed by atoms with Gasteiger partial charge in [0.05, 0.1) is 5.60 Å². The van der Waals surface area contributed by atoms with Crippen LogP contribution in [0.2, 0.25) is 0 Å². The van der Waals surface area contributed by atoms with Gasteiger partial charge in [-0.2, -0.15) is 9.36 Å². The molecule has 1 aromatic carbocycles. The molecule has 1 spiro atoms. The maximum absolute atomic E-state index is 13.3. The molecule has 0 amide bonds. The van der Waals surface area contributed by atoms with E-state index in [4.69, 9.17) is 4.74 Å². The third-order valence-corrected chi connectivity index (χ3v) is 5.33. The van der Waals surface area contributed by atoms with E-state index in [1.807, 2.05) is 0 Å². The average molecular weight is 337 g/mol. The Morgan fingerprint density at radius 2 is 1.96 bits per heavy atom. The van der Waals surface area contributed by atoms with E-state index in [1.54, 1.807) is 0 Å². The van der Waals surface area contributed by atoms with Crippen molar-refractivity contribution >= 4 is 16.7 Å². The van der Waals surface area contributed by atoms with Gasteiger partial charge in [-0.1, -0.05) is 0 Å². The Bertz CT molecular complexity index is 695. The maximum atomic E-state index is 13.3. The van der Waals surface area contributed by atoms with Crippen LogP contribution in [0.15, 0.2) is 18.2 Å². The molecule has 2 aliphatic rings. The van der Waals surface area contributed by atoms with Gasteiger partial charge in [0.25, 0.3) is 0 Å². The summed E-state index contributed by atoms with van der Waals surface area (Å²) in [5, 5.41) is 0.788. The molecule has 1 aromatic heterocycles. The molecule has 2 saturated heterocycles. The minimum atomic E-state index is -0.618. The van der Waals surface area contributed by atoms with Crippen LogP contribution in [0.4, 0.5) is 13.9 Å². The van der Waals surface area contributed by atoms with Crippen molar-refractivity contribution in [3.8, 4) is 11.4 Å². The second kappa shape index (κ2) is 5.79. The van der Waals surface area contributed by atoms with Crippen LogP contribution in [-0.2, 0) is 4.74 Å². The Kier molecular flexibility index (Phi) is 3.77. The predicted octanol–water partition coefficient (Wildman–Crippen LogP) is 3.63. The third kappa shape index (κ3) is 2.95. The first kappa shape index (κ1) is 15.0. The summed E-state index contributed by atoms with van der Waals surface area (Å²) < 4.78 is 37.0. The van der Waals surface area contributed by atoms with Gasteiger partial charge in [0.2, 0.25) is 5.13 Å². The van der Waals surface area contributed by atoms with Gasteiger partial charge >= 0.3 is 0 Å². The number of aromatic nitrogens is 2. The number of nitrogens with zero attached hydrogens (tertiary/aromatic N) is 3. The molecule has 7 heteroatoms. The number of hydrogen-bond donors (Lipinski definition) is 0. The fourth-order valence-electron chi connectivity index (χ4n) is 3.38. The summed E-state index contributed by atoms with van der Waals surface area (Å²) in [5.41, 5.74) is 0.322. The lowest BCUT2D eigenvalue weighted by atomic mass is 9.93. The lowest BCUT2D eigenvalue weighted by molar-refractivity contribution is -0.0621.